The second-order valence-electron chi connectivity index (χ2n) is 10.3. The first kappa shape index (κ1) is 26.4. The summed E-state index contributed by atoms with van der Waals surface area (Å²) in [6.07, 6.45) is 0. The molecule has 0 saturated carbocycles. The fraction of sp³-hybridized carbons (Fsp3) is 0.480. The van der Waals surface area contributed by atoms with Crippen LogP contribution in [-0.2, 0) is 25.5 Å². The van der Waals surface area contributed by atoms with E-state index in [1.165, 1.54) is 26.0 Å². The second kappa shape index (κ2) is 9.09. The molecule has 9 heteroatoms. The minimum atomic E-state index is -3.59. The van der Waals surface area contributed by atoms with E-state index in [-0.39, 0.29) is 30.0 Å². The lowest BCUT2D eigenvalue weighted by Gasteiger charge is -2.42. The number of alkyl halides is 2. The van der Waals surface area contributed by atoms with E-state index in [0.29, 0.717) is 16.0 Å². The molecular formula is C25H31F3N2O3S. The van der Waals surface area contributed by atoms with Gasteiger partial charge in [-0.05, 0) is 61.6 Å². The Morgan fingerprint density at radius 3 is 2.41 bits per heavy atom. The molecule has 0 aliphatic carbocycles. The zero-order valence-electron chi connectivity index (χ0n) is 20.2. The third-order valence-electron chi connectivity index (χ3n) is 5.77. The molecule has 0 aromatic heterocycles. The third-order valence-corrected chi connectivity index (χ3v) is 6.74. The van der Waals surface area contributed by atoms with Crippen LogP contribution in [0.4, 0.5) is 13.2 Å². The molecule has 3 rings (SSSR count). The molecule has 1 aliphatic rings. The highest BCUT2D eigenvalue weighted by Crippen LogP contribution is 2.51. The van der Waals surface area contributed by atoms with Crippen molar-refractivity contribution in [3.05, 3.63) is 53.8 Å². The molecule has 0 amide bonds. The predicted molar refractivity (Wildman–Crippen MR) is 128 cm³/mol. The van der Waals surface area contributed by atoms with Crippen molar-refractivity contribution in [3.63, 3.8) is 0 Å². The fourth-order valence-electron chi connectivity index (χ4n) is 3.71. The zero-order valence-corrected chi connectivity index (χ0v) is 21.1. The summed E-state index contributed by atoms with van der Waals surface area (Å²) in [5, 5.41) is 0. The molecule has 0 saturated heterocycles. The molecule has 5 nitrogen and oxygen atoms in total. The van der Waals surface area contributed by atoms with E-state index in [9.17, 15) is 4.21 Å². The molecule has 2 N–H and O–H groups in total. The minimum absolute atomic E-state index is 0.147. The van der Waals surface area contributed by atoms with Gasteiger partial charge in [0.05, 0.1) is 11.5 Å². The van der Waals surface area contributed by atoms with Gasteiger partial charge in [0.1, 0.15) is 23.9 Å². The number of aliphatic imine (C=N–C) groups is 1. The number of nitrogens with zero attached hydrogens (tertiary/aromatic N) is 1. The number of amidine groups is 1. The van der Waals surface area contributed by atoms with Crippen LogP contribution in [0.2, 0.25) is 0 Å². The molecule has 0 fully saturated rings. The van der Waals surface area contributed by atoms with Crippen LogP contribution < -0.4 is 5.73 Å². The molecule has 1 unspecified atom stereocenters. The van der Waals surface area contributed by atoms with Gasteiger partial charge in [0.15, 0.2) is 16.6 Å². The van der Waals surface area contributed by atoms with Gasteiger partial charge < -0.3 is 10.5 Å². The van der Waals surface area contributed by atoms with E-state index < -0.39 is 34.0 Å². The second-order valence-corrected chi connectivity index (χ2v) is 11.5. The molecule has 2 aromatic carbocycles. The number of halogens is 3. The van der Waals surface area contributed by atoms with Gasteiger partial charge in [0.2, 0.25) is 0 Å². The smallest absolute Gasteiger partial charge is 0.304 e. The average Bonchev–Trinajstić information content (AvgIpc) is 2.81. The molecular weight excluding hydrogens is 465 g/mol. The maximum absolute atomic E-state index is 15.7. The molecule has 1 aliphatic heterocycles. The maximum Gasteiger partial charge on any atom is 0.304 e. The Hall–Kier alpha value is -2.23. The van der Waals surface area contributed by atoms with Crippen molar-refractivity contribution in [2.24, 2.45) is 16.1 Å². The van der Waals surface area contributed by atoms with Crippen molar-refractivity contribution in [2.75, 3.05) is 13.2 Å². The van der Waals surface area contributed by atoms with Gasteiger partial charge in [-0.2, -0.15) is 0 Å². The lowest BCUT2D eigenvalue weighted by atomic mass is 9.77. The first-order valence-corrected chi connectivity index (χ1v) is 12.0. The Bertz CT molecular complexity index is 1130. The van der Waals surface area contributed by atoms with Crippen molar-refractivity contribution in [2.45, 2.75) is 63.5 Å². The Kier molecular flexibility index (Phi) is 7.05. The summed E-state index contributed by atoms with van der Waals surface area (Å²) >= 11 is -1.72. The van der Waals surface area contributed by atoms with Crippen LogP contribution in [-0.4, -0.2) is 34.8 Å². The summed E-state index contributed by atoms with van der Waals surface area (Å²) in [5.41, 5.74) is 2.11. The highest BCUT2D eigenvalue weighted by Gasteiger charge is 2.63. The molecule has 0 radical (unpaired) electrons. The number of hydrogen-bond donors (Lipinski definition) is 1. The van der Waals surface area contributed by atoms with Gasteiger partial charge in [-0.1, -0.05) is 39.0 Å². The van der Waals surface area contributed by atoms with Crippen molar-refractivity contribution < 1.29 is 26.3 Å². The number of rotatable bonds is 5. The number of benzene rings is 2. The van der Waals surface area contributed by atoms with Crippen molar-refractivity contribution in [3.8, 4) is 11.1 Å². The Labute approximate surface area is 201 Å². The highest BCUT2D eigenvalue weighted by atomic mass is 32.2. The minimum Gasteiger partial charge on any atom is -0.385 e. The van der Waals surface area contributed by atoms with E-state index in [2.05, 4.69) is 4.99 Å². The van der Waals surface area contributed by atoms with Crippen LogP contribution in [0.3, 0.4) is 0 Å². The van der Waals surface area contributed by atoms with Crippen molar-refractivity contribution >= 4 is 16.9 Å². The van der Waals surface area contributed by atoms with Gasteiger partial charge in [0, 0.05) is 5.56 Å². The SMILES string of the molecule is CC(C)(C)COS(=O)c1cccc(-c2ccc(F)c([C@@]3(C)N=C(N)COC(C)(C)C3(F)F)c2)c1. The maximum atomic E-state index is 15.7. The van der Waals surface area contributed by atoms with E-state index >= 15 is 13.2 Å². The lowest BCUT2D eigenvalue weighted by molar-refractivity contribution is -0.214. The van der Waals surface area contributed by atoms with Gasteiger partial charge in [0.25, 0.3) is 0 Å². The molecule has 2 atom stereocenters. The van der Waals surface area contributed by atoms with Crippen LogP contribution in [0.1, 0.15) is 47.1 Å². The van der Waals surface area contributed by atoms with Crippen molar-refractivity contribution in [1.82, 2.24) is 0 Å². The summed E-state index contributed by atoms with van der Waals surface area (Å²) in [7, 11) is 0. The Balaban J connectivity index is 2.07. The quantitative estimate of drug-likeness (QED) is 0.585. The van der Waals surface area contributed by atoms with Crippen LogP contribution in [0.5, 0.6) is 0 Å². The summed E-state index contributed by atoms with van der Waals surface area (Å²) < 4.78 is 69.8. The first-order valence-electron chi connectivity index (χ1n) is 10.9. The highest BCUT2D eigenvalue weighted by molar-refractivity contribution is 7.80. The molecule has 0 spiro atoms. The molecule has 2 aromatic rings. The van der Waals surface area contributed by atoms with Crippen LogP contribution in [0, 0.1) is 11.2 Å². The van der Waals surface area contributed by atoms with E-state index in [1.54, 1.807) is 24.3 Å². The zero-order chi connectivity index (χ0) is 25.5. The first-order chi connectivity index (χ1) is 15.6. The topological polar surface area (TPSA) is 73.9 Å². The van der Waals surface area contributed by atoms with Crippen LogP contribution in [0.25, 0.3) is 11.1 Å². The molecule has 186 valence electrons. The average molecular weight is 497 g/mol. The van der Waals surface area contributed by atoms with Crippen molar-refractivity contribution in [1.29, 1.82) is 0 Å². The van der Waals surface area contributed by atoms with E-state index in [0.717, 1.165) is 13.0 Å². The standard InChI is InChI=1S/C25H31F3N2O3S/c1-22(2,3)15-33-34(31)18-9-7-8-16(12-18)17-10-11-20(26)19(13-17)24(6)25(27,28)23(4,5)32-14-21(29)30-24/h7-13H,14-15H2,1-6H3,(H2,29,30)/t24-,34?/m1/s1. The summed E-state index contributed by atoms with van der Waals surface area (Å²) in [5.74, 6) is -4.58. The predicted octanol–water partition coefficient (Wildman–Crippen LogP) is 5.59. The summed E-state index contributed by atoms with van der Waals surface area (Å²) in [6, 6.07) is 10.6. The number of nitrogens with two attached hydrogens (primary N) is 1. The van der Waals surface area contributed by atoms with Gasteiger partial charge in [-0.3, -0.25) is 9.18 Å². The van der Waals surface area contributed by atoms with E-state index in [1.807, 2.05) is 20.8 Å². The number of ether oxygens (including phenoxy) is 1. The van der Waals surface area contributed by atoms with Gasteiger partial charge in [-0.15, -0.1) is 0 Å². The Morgan fingerprint density at radius 1 is 1.12 bits per heavy atom. The molecule has 1 heterocycles. The fourth-order valence-corrected chi connectivity index (χ4v) is 4.72. The van der Waals surface area contributed by atoms with E-state index in [4.69, 9.17) is 14.7 Å². The normalized spacial score (nSPS) is 23.1. The monoisotopic (exact) mass is 496 g/mol. The number of hydrogen-bond acceptors (Lipinski definition) is 5. The van der Waals surface area contributed by atoms with Gasteiger partial charge in [-0.25, -0.2) is 17.4 Å². The molecule has 0 bridgehead atoms. The Morgan fingerprint density at radius 2 is 1.76 bits per heavy atom. The lowest BCUT2D eigenvalue weighted by Crippen LogP contribution is -2.56. The third kappa shape index (κ3) is 5.06. The largest absolute Gasteiger partial charge is 0.385 e. The summed E-state index contributed by atoms with van der Waals surface area (Å²) in [6.45, 7) is 9.51. The summed E-state index contributed by atoms with van der Waals surface area (Å²) in [4.78, 5) is 4.44. The van der Waals surface area contributed by atoms with Crippen LogP contribution >= 0.6 is 0 Å². The molecule has 34 heavy (non-hydrogen) atoms. The van der Waals surface area contributed by atoms with Gasteiger partial charge >= 0.3 is 5.92 Å². The van der Waals surface area contributed by atoms with Crippen LogP contribution in [0.15, 0.2) is 52.4 Å².